The lowest BCUT2D eigenvalue weighted by atomic mass is 10.2. The van der Waals surface area contributed by atoms with E-state index in [1.807, 2.05) is 4.90 Å². The van der Waals surface area contributed by atoms with E-state index in [0.29, 0.717) is 44.1 Å². The lowest BCUT2D eigenvalue weighted by Gasteiger charge is -2.36. The van der Waals surface area contributed by atoms with Crippen LogP contribution < -0.4 is 9.80 Å². The van der Waals surface area contributed by atoms with Crippen LogP contribution in [0.4, 0.5) is 20.6 Å². The second-order valence-electron chi connectivity index (χ2n) is 7.73. The molecule has 0 radical (unpaired) electrons. The van der Waals surface area contributed by atoms with E-state index in [0.717, 1.165) is 0 Å². The van der Waals surface area contributed by atoms with Crippen molar-refractivity contribution in [3.63, 3.8) is 0 Å². The molecule has 4 rings (SSSR count). The number of rotatable bonds is 7. The van der Waals surface area contributed by atoms with Crippen molar-refractivity contribution in [1.82, 2.24) is 19.9 Å². The van der Waals surface area contributed by atoms with Crippen LogP contribution in [0.2, 0.25) is 0 Å². The SMILES string of the molecule is CCOC(=O)CC(=O)N1CCN(c2ccc(N3C[C@H](Cn4ccnn4)OC3=O)cc2F)CC1. The Bertz CT molecular complexity index is 1010. The Balaban J connectivity index is 1.34. The first kappa shape index (κ1) is 22.5. The van der Waals surface area contributed by atoms with E-state index in [9.17, 15) is 18.8 Å². The van der Waals surface area contributed by atoms with Crippen molar-refractivity contribution in [3.8, 4) is 0 Å². The molecule has 2 fully saturated rings. The Morgan fingerprint density at radius 2 is 2.03 bits per heavy atom. The van der Waals surface area contributed by atoms with Crippen molar-refractivity contribution >= 4 is 29.3 Å². The summed E-state index contributed by atoms with van der Waals surface area (Å²) in [5.41, 5.74) is 0.800. The predicted octanol–water partition coefficient (Wildman–Crippen LogP) is 1.04. The third kappa shape index (κ3) is 5.21. The maximum atomic E-state index is 14.9. The molecule has 0 unspecified atom stereocenters. The third-order valence-electron chi connectivity index (χ3n) is 5.55. The smallest absolute Gasteiger partial charge is 0.414 e. The average molecular weight is 460 g/mol. The highest BCUT2D eigenvalue weighted by Crippen LogP contribution is 2.29. The second-order valence-corrected chi connectivity index (χ2v) is 7.73. The van der Waals surface area contributed by atoms with Crippen LogP contribution in [0.25, 0.3) is 0 Å². The lowest BCUT2D eigenvalue weighted by Crippen LogP contribution is -2.49. The van der Waals surface area contributed by atoms with E-state index in [-0.39, 0.29) is 25.5 Å². The van der Waals surface area contributed by atoms with E-state index in [1.165, 1.54) is 11.0 Å². The largest absolute Gasteiger partial charge is 0.466 e. The molecule has 0 N–H and O–H groups in total. The summed E-state index contributed by atoms with van der Waals surface area (Å²) >= 11 is 0. The molecule has 2 aliphatic heterocycles. The molecule has 2 saturated heterocycles. The molecule has 2 aromatic rings. The van der Waals surface area contributed by atoms with E-state index in [1.54, 1.807) is 41.0 Å². The first-order valence-corrected chi connectivity index (χ1v) is 10.7. The summed E-state index contributed by atoms with van der Waals surface area (Å²) in [5.74, 6) is -1.31. The number of amides is 2. The average Bonchev–Trinajstić information content (AvgIpc) is 3.43. The topological polar surface area (TPSA) is 110 Å². The molecule has 2 aliphatic rings. The van der Waals surface area contributed by atoms with Gasteiger partial charge in [-0.05, 0) is 25.1 Å². The van der Waals surface area contributed by atoms with Gasteiger partial charge in [-0.3, -0.25) is 14.5 Å². The number of halogens is 1. The number of cyclic esters (lactones) is 1. The molecule has 3 heterocycles. The van der Waals surface area contributed by atoms with E-state index in [4.69, 9.17) is 9.47 Å². The first-order valence-electron chi connectivity index (χ1n) is 10.7. The van der Waals surface area contributed by atoms with Crippen molar-refractivity contribution in [2.75, 3.05) is 49.1 Å². The number of nitrogens with zero attached hydrogens (tertiary/aromatic N) is 6. The van der Waals surface area contributed by atoms with Gasteiger partial charge in [0.05, 0.1) is 37.3 Å². The number of ether oxygens (including phenoxy) is 2. The van der Waals surface area contributed by atoms with Gasteiger partial charge in [0.2, 0.25) is 5.91 Å². The number of benzene rings is 1. The number of carbonyl (C=O) groups excluding carboxylic acids is 3. The van der Waals surface area contributed by atoms with Crippen LogP contribution in [-0.2, 0) is 25.6 Å². The van der Waals surface area contributed by atoms with Crippen LogP contribution in [0.1, 0.15) is 13.3 Å². The zero-order valence-corrected chi connectivity index (χ0v) is 18.2. The molecule has 176 valence electrons. The molecule has 33 heavy (non-hydrogen) atoms. The van der Waals surface area contributed by atoms with Gasteiger partial charge in [0, 0.05) is 32.4 Å². The van der Waals surface area contributed by atoms with Crippen molar-refractivity contribution < 1.29 is 28.2 Å². The highest BCUT2D eigenvalue weighted by molar-refractivity contribution is 5.94. The van der Waals surface area contributed by atoms with Gasteiger partial charge in [-0.15, -0.1) is 5.10 Å². The van der Waals surface area contributed by atoms with Crippen LogP contribution >= 0.6 is 0 Å². The third-order valence-corrected chi connectivity index (χ3v) is 5.55. The molecule has 0 spiro atoms. The van der Waals surface area contributed by atoms with E-state index >= 15 is 0 Å². The summed E-state index contributed by atoms with van der Waals surface area (Å²) in [6.07, 6.45) is 1.97. The summed E-state index contributed by atoms with van der Waals surface area (Å²) < 4.78 is 26.7. The monoisotopic (exact) mass is 460 g/mol. The molecule has 1 atom stereocenters. The van der Waals surface area contributed by atoms with Gasteiger partial charge >= 0.3 is 12.1 Å². The second kappa shape index (κ2) is 9.84. The van der Waals surface area contributed by atoms with Crippen LogP contribution in [0.15, 0.2) is 30.6 Å². The van der Waals surface area contributed by atoms with Gasteiger partial charge in [-0.1, -0.05) is 5.21 Å². The molecule has 1 aromatic carbocycles. The molecule has 11 nitrogen and oxygen atoms in total. The maximum absolute atomic E-state index is 14.9. The van der Waals surface area contributed by atoms with Gasteiger partial charge < -0.3 is 19.3 Å². The summed E-state index contributed by atoms with van der Waals surface area (Å²) in [6.45, 7) is 4.16. The number of hydrogen-bond acceptors (Lipinski definition) is 8. The minimum absolute atomic E-state index is 0.229. The Hall–Kier alpha value is -3.70. The Morgan fingerprint density at radius 1 is 1.24 bits per heavy atom. The molecular weight excluding hydrogens is 435 g/mol. The van der Waals surface area contributed by atoms with E-state index in [2.05, 4.69) is 10.3 Å². The minimum Gasteiger partial charge on any atom is -0.466 e. The number of piperazine rings is 1. The lowest BCUT2D eigenvalue weighted by molar-refractivity contribution is -0.148. The summed E-state index contributed by atoms with van der Waals surface area (Å²) in [5, 5.41) is 7.59. The fourth-order valence-corrected chi connectivity index (χ4v) is 3.93. The normalized spacial score (nSPS) is 18.4. The van der Waals surface area contributed by atoms with Crippen molar-refractivity contribution in [3.05, 3.63) is 36.4 Å². The highest BCUT2D eigenvalue weighted by atomic mass is 19.1. The van der Waals surface area contributed by atoms with Crippen LogP contribution in [-0.4, -0.2) is 83.3 Å². The van der Waals surface area contributed by atoms with Gasteiger partial charge in [-0.25, -0.2) is 13.9 Å². The van der Waals surface area contributed by atoms with Crippen LogP contribution in [0.5, 0.6) is 0 Å². The van der Waals surface area contributed by atoms with Crippen LogP contribution in [0.3, 0.4) is 0 Å². The minimum atomic E-state index is -0.546. The fraction of sp³-hybridized carbons (Fsp3) is 0.476. The number of esters is 1. The number of anilines is 2. The molecule has 12 heteroatoms. The van der Waals surface area contributed by atoms with Crippen molar-refractivity contribution in [2.45, 2.75) is 26.0 Å². The van der Waals surface area contributed by atoms with Gasteiger partial charge in [0.25, 0.3) is 0 Å². The maximum Gasteiger partial charge on any atom is 0.414 e. The number of carbonyl (C=O) groups is 3. The number of hydrogen-bond donors (Lipinski definition) is 0. The Morgan fingerprint density at radius 3 is 2.70 bits per heavy atom. The van der Waals surface area contributed by atoms with E-state index < -0.39 is 24.0 Å². The summed E-state index contributed by atoms with van der Waals surface area (Å²) in [6, 6.07) is 4.61. The molecular formula is C21H25FN6O5. The van der Waals surface area contributed by atoms with Gasteiger partial charge in [-0.2, -0.15) is 0 Å². The van der Waals surface area contributed by atoms with Gasteiger partial charge in [0.15, 0.2) is 0 Å². The standard InChI is InChI=1S/C21H25FN6O5/c1-2-32-20(30)12-19(29)26-9-7-25(8-10-26)18-4-3-15(11-17(18)22)28-14-16(33-21(28)31)13-27-6-5-23-24-27/h3-6,11,16H,2,7-10,12-14H2,1H3/t16-/m0/s1. The summed E-state index contributed by atoms with van der Waals surface area (Å²) in [7, 11) is 0. The highest BCUT2D eigenvalue weighted by Gasteiger charge is 2.33. The molecule has 0 bridgehead atoms. The quantitative estimate of drug-likeness (QED) is 0.445. The van der Waals surface area contributed by atoms with Gasteiger partial charge in [0.1, 0.15) is 18.3 Å². The molecule has 1 aromatic heterocycles. The van der Waals surface area contributed by atoms with Crippen molar-refractivity contribution in [1.29, 1.82) is 0 Å². The Labute approximate surface area is 189 Å². The van der Waals surface area contributed by atoms with Crippen molar-refractivity contribution in [2.24, 2.45) is 0 Å². The molecule has 0 aliphatic carbocycles. The van der Waals surface area contributed by atoms with Crippen LogP contribution in [0, 0.1) is 5.82 Å². The first-order chi connectivity index (χ1) is 15.9. The summed E-state index contributed by atoms with van der Waals surface area (Å²) in [4.78, 5) is 40.8. The fourth-order valence-electron chi connectivity index (χ4n) is 3.93. The molecule has 2 amide bonds. The number of aromatic nitrogens is 3. The zero-order chi connectivity index (χ0) is 23.4. The predicted molar refractivity (Wildman–Crippen MR) is 114 cm³/mol. The zero-order valence-electron chi connectivity index (χ0n) is 18.2. The molecule has 0 saturated carbocycles. The Kier molecular flexibility index (Phi) is 6.71.